The largest absolute Gasteiger partial charge is 0.497 e. The molecule has 1 atom stereocenters. The molecule has 0 aromatic heterocycles. The van der Waals surface area contributed by atoms with E-state index in [4.69, 9.17) is 9.47 Å². The highest BCUT2D eigenvalue weighted by atomic mass is 32.2. The molecule has 160 valence electrons. The summed E-state index contributed by atoms with van der Waals surface area (Å²) in [6.45, 7) is 5.31. The van der Waals surface area contributed by atoms with Crippen LogP contribution >= 0.6 is 11.8 Å². The van der Waals surface area contributed by atoms with Crippen LogP contribution in [0.3, 0.4) is 0 Å². The Bertz CT molecular complexity index is 923. The fourth-order valence-corrected chi connectivity index (χ4v) is 2.98. The van der Waals surface area contributed by atoms with Gasteiger partial charge in [-0.3, -0.25) is 15.4 Å². The second-order valence-corrected chi connectivity index (χ2v) is 8.09. The molecule has 1 N–H and O–H groups in total. The van der Waals surface area contributed by atoms with Gasteiger partial charge < -0.3 is 9.47 Å². The first kappa shape index (κ1) is 23.2. The lowest BCUT2D eigenvalue weighted by Crippen LogP contribution is -2.35. The number of benzene rings is 2. The maximum absolute atomic E-state index is 12.2. The number of alkyl carbamates (subject to hydrolysis) is 1. The Kier molecular flexibility index (Phi) is 7.82. The number of carbonyl (C=O) groups excluding carboxylic acids is 1. The van der Waals surface area contributed by atoms with Gasteiger partial charge in [0.25, 0.3) is 5.69 Å². The van der Waals surface area contributed by atoms with E-state index < -0.39 is 22.7 Å². The van der Waals surface area contributed by atoms with Gasteiger partial charge in [-0.25, -0.2) is 9.79 Å². The van der Waals surface area contributed by atoms with Gasteiger partial charge in [0.1, 0.15) is 17.4 Å². The number of thioether (sulfide) groups is 1. The molecule has 0 fully saturated rings. The van der Waals surface area contributed by atoms with Crippen molar-refractivity contribution in [2.24, 2.45) is 4.99 Å². The zero-order valence-electron chi connectivity index (χ0n) is 17.5. The number of nitrogens with zero attached hydrogens (tertiary/aromatic N) is 2. The number of amidine groups is 1. The number of methoxy groups -OCH3 is 1. The number of ether oxygens (including phenoxy) is 2. The minimum atomic E-state index is -0.650. The molecule has 0 aliphatic carbocycles. The highest BCUT2D eigenvalue weighted by Crippen LogP contribution is 2.30. The average molecular weight is 432 g/mol. The summed E-state index contributed by atoms with van der Waals surface area (Å²) in [6, 6.07) is 12.9. The summed E-state index contributed by atoms with van der Waals surface area (Å²) < 4.78 is 10.5. The van der Waals surface area contributed by atoms with Crippen molar-refractivity contribution in [2.75, 3.05) is 13.4 Å². The molecule has 8 nitrogen and oxygen atoms in total. The zero-order valence-corrected chi connectivity index (χ0v) is 18.4. The van der Waals surface area contributed by atoms with Crippen molar-refractivity contribution in [3.63, 3.8) is 0 Å². The van der Waals surface area contributed by atoms with Crippen molar-refractivity contribution in [1.82, 2.24) is 5.32 Å². The lowest BCUT2D eigenvalue weighted by atomic mass is 9.99. The molecule has 0 heterocycles. The molecular formula is C21H25N3O5S. The normalized spacial score (nSPS) is 12.8. The van der Waals surface area contributed by atoms with E-state index in [9.17, 15) is 14.9 Å². The molecule has 0 saturated carbocycles. The molecule has 0 radical (unpaired) electrons. The van der Waals surface area contributed by atoms with Crippen molar-refractivity contribution in [3.05, 3.63) is 69.8 Å². The number of amides is 1. The highest BCUT2D eigenvalue weighted by molar-refractivity contribution is 8.13. The van der Waals surface area contributed by atoms with Crippen LogP contribution < -0.4 is 10.1 Å². The summed E-state index contributed by atoms with van der Waals surface area (Å²) in [5.41, 5.74) is 0.719. The Morgan fingerprint density at radius 2 is 1.83 bits per heavy atom. The lowest BCUT2D eigenvalue weighted by Gasteiger charge is -2.21. The molecule has 2 aromatic carbocycles. The number of hydrogen-bond donors (Lipinski definition) is 1. The van der Waals surface area contributed by atoms with Crippen molar-refractivity contribution >= 4 is 28.7 Å². The van der Waals surface area contributed by atoms with Crippen molar-refractivity contribution in [2.45, 2.75) is 32.4 Å². The number of nitrogens with one attached hydrogen (secondary N) is 1. The molecule has 0 bridgehead atoms. The third-order valence-corrected chi connectivity index (χ3v) is 4.47. The summed E-state index contributed by atoms with van der Waals surface area (Å²) in [5, 5.41) is 14.2. The van der Waals surface area contributed by atoms with Gasteiger partial charge in [0.2, 0.25) is 0 Å². The number of nitro groups is 1. The number of rotatable bonds is 5. The summed E-state index contributed by atoms with van der Waals surface area (Å²) in [6.07, 6.45) is 1.15. The van der Waals surface area contributed by atoms with Crippen LogP contribution in [0.25, 0.3) is 0 Å². The van der Waals surface area contributed by atoms with Gasteiger partial charge in [-0.15, -0.1) is 0 Å². The van der Waals surface area contributed by atoms with Crippen LogP contribution in [0, 0.1) is 10.1 Å². The smallest absolute Gasteiger partial charge is 0.413 e. The van der Waals surface area contributed by atoms with E-state index in [0.29, 0.717) is 16.5 Å². The topological polar surface area (TPSA) is 103 Å². The van der Waals surface area contributed by atoms with Gasteiger partial charge in [-0.05, 0) is 50.3 Å². The predicted molar refractivity (Wildman–Crippen MR) is 118 cm³/mol. The Morgan fingerprint density at radius 3 is 2.37 bits per heavy atom. The molecule has 9 heteroatoms. The number of carbonyl (C=O) groups is 1. The van der Waals surface area contributed by atoms with Crippen LogP contribution in [0.5, 0.6) is 5.75 Å². The quantitative estimate of drug-likeness (QED) is 0.311. The molecule has 0 spiro atoms. The maximum Gasteiger partial charge on any atom is 0.413 e. The maximum atomic E-state index is 12.2. The van der Waals surface area contributed by atoms with Gasteiger partial charge in [-0.2, -0.15) is 0 Å². The van der Waals surface area contributed by atoms with E-state index in [0.717, 1.165) is 5.56 Å². The molecule has 1 amide bonds. The van der Waals surface area contributed by atoms with E-state index in [1.165, 1.54) is 23.9 Å². The third-order valence-electron chi connectivity index (χ3n) is 3.88. The zero-order chi connectivity index (χ0) is 22.3. The first-order chi connectivity index (χ1) is 14.1. The summed E-state index contributed by atoms with van der Waals surface area (Å²) in [5.74, 6) is 0.678. The molecule has 0 aliphatic rings. The summed E-state index contributed by atoms with van der Waals surface area (Å²) >= 11 is 1.24. The molecule has 2 aromatic rings. The van der Waals surface area contributed by atoms with Crippen molar-refractivity contribution in [1.29, 1.82) is 0 Å². The fraction of sp³-hybridized carbons (Fsp3) is 0.333. The van der Waals surface area contributed by atoms with Gasteiger partial charge in [0.05, 0.1) is 12.0 Å². The molecular weight excluding hydrogens is 406 g/mol. The van der Waals surface area contributed by atoms with Crippen LogP contribution in [-0.2, 0) is 4.74 Å². The van der Waals surface area contributed by atoms with Crippen LogP contribution in [0.15, 0.2) is 53.5 Å². The molecule has 2 rings (SSSR count). The molecule has 1 unspecified atom stereocenters. The van der Waals surface area contributed by atoms with Crippen LogP contribution in [0.2, 0.25) is 0 Å². The van der Waals surface area contributed by atoms with Gasteiger partial charge in [-0.1, -0.05) is 36.0 Å². The molecule has 0 saturated heterocycles. The van der Waals surface area contributed by atoms with Crippen molar-refractivity contribution < 1.29 is 19.2 Å². The minimum Gasteiger partial charge on any atom is -0.497 e. The number of nitro benzene ring substituents is 1. The van der Waals surface area contributed by atoms with Crippen LogP contribution in [0.4, 0.5) is 10.5 Å². The Balaban J connectivity index is 2.45. The standard InChI is InChI=1S/C21H25N3O5S/c1-21(2,3)29-20(25)23-19(30-5)22-18(14-9-11-17(28-4)12-10-14)15-7-6-8-16(13-15)24(26)27/h6-13,18H,1-5H3,(H,22,23,25). The van der Waals surface area contributed by atoms with Gasteiger partial charge in [0.15, 0.2) is 5.17 Å². The second kappa shape index (κ2) is 10.1. The van der Waals surface area contributed by atoms with E-state index in [2.05, 4.69) is 10.3 Å². The highest BCUT2D eigenvalue weighted by Gasteiger charge is 2.20. The SMILES string of the molecule is COc1ccc(C(N=C(NC(=O)OC(C)(C)C)SC)c2cccc([N+](=O)[O-])c2)cc1. The van der Waals surface area contributed by atoms with Crippen LogP contribution in [0.1, 0.15) is 37.9 Å². The monoisotopic (exact) mass is 431 g/mol. The minimum absolute atomic E-state index is 0.0352. The van der Waals surface area contributed by atoms with E-state index in [1.807, 2.05) is 12.1 Å². The Labute approximate surface area is 179 Å². The first-order valence-corrected chi connectivity index (χ1v) is 10.4. The number of aliphatic imine (C=N–C) groups is 1. The fourth-order valence-electron chi connectivity index (χ4n) is 2.58. The lowest BCUT2D eigenvalue weighted by molar-refractivity contribution is -0.384. The predicted octanol–water partition coefficient (Wildman–Crippen LogP) is 4.94. The summed E-state index contributed by atoms with van der Waals surface area (Å²) in [4.78, 5) is 27.6. The number of hydrogen-bond acceptors (Lipinski definition) is 7. The second-order valence-electron chi connectivity index (χ2n) is 7.29. The van der Waals surface area contributed by atoms with Crippen molar-refractivity contribution in [3.8, 4) is 5.75 Å². The van der Waals surface area contributed by atoms with E-state index in [-0.39, 0.29) is 5.69 Å². The molecule has 30 heavy (non-hydrogen) atoms. The number of non-ortho nitro benzene ring substituents is 1. The third kappa shape index (κ3) is 6.77. The first-order valence-electron chi connectivity index (χ1n) is 9.13. The van der Waals surface area contributed by atoms with E-state index in [1.54, 1.807) is 58.4 Å². The Hall–Kier alpha value is -3.07. The van der Waals surface area contributed by atoms with Gasteiger partial charge in [0, 0.05) is 12.1 Å². The van der Waals surface area contributed by atoms with Crippen LogP contribution in [-0.4, -0.2) is 35.2 Å². The van der Waals surface area contributed by atoms with Gasteiger partial charge >= 0.3 is 6.09 Å². The van der Waals surface area contributed by atoms with E-state index >= 15 is 0 Å². The summed E-state index contributed by atoms with van der Waals surface area (Å²) in [7, 11) is 1.57. The Morgan fingerprint density at radius 1 is 1.17 bits per heavy atom. The molecule has 0 aliphatic heterocycles. The average Bonchev–Trinajstić information content (AvgIpc) is 2.70.